The molecule has 0 saturated carbocycles. The Hall–Kier alpha value is -4.88. The largest absolute Gasteiger partial charge is 0.497 e. The van der Waals surface area contributed by atoms with Crippen molar-refractivity contribution in [3.05, 3.63) is 106 Å². The number of aromatic nitrogens is 3. The van der Waals surface area contributed by atoms with Gasteiger partial charge in [0.1, 0.15) is 11.5 Å². The van der Waals surface area contributed by atoms with E-state index in [1.54, 1.807) is 35.6 Å². The molecule has 0 fully saturated rings. The molecule has 2 amide bonds. The molecule has 1 aliphatic rings. The fraction of sp³-hybridized carbons (Fsp3) is 0.219. The fourth-order valence-electron chi connectivity index (χ4n) is 4.89. The Labute approximate surface area is 267 Å². The van der Waals surface area contributed by atoms with Crippen molar-refractivity contribution in [1.29, 1.82) is 0 Å². The quantitative estimate of drug-likeness (QED) is 0.171. The Kier molecular flexibility index (Phi) is 9.27. The maximum absolute atomic E-state index is 13.8. The lowest BCUT2D eigenvalue weighted by molar-refractivity contribution is -0.130. The number of rotatable bonds is 12. The molecule has 45 heavy (non-hydrogen) atoms. The number of hydrazone groups is 1. The molecule has 1 unspecified atom stereocenters. The van der Waals surface area contributed by atoms with Gasteiger partial charge in [0, 0.05) is 12.1 Å². The number of hydrogen-bond donors (Lipinski definition) is 1. The summed E-state index contributed by atoms with van der Waals surface area (Å²) < 4.78 is 18.0. The van der Waals surface area contributed by atoms with Crippen molar-refractivity contribution in [2.24, 2.45) is 5.10 Å². The maximum Gasteiger partial charge on any atom is 0.287 e. The first-order valence-corrected chi connectivity index (χ1v) is 16.1. The van der Waals surface area contributed by atoms with Crippen LogP contribution in [0.4, 0.5) is 0 Å². The van der Waals surface area contributed by atoms with Gasteiger partial charge in [-0.2, -0.15) is 5.10 Å². The molecule has 0 aliphatic carbocycles. The zero-order chi connectivity index (χ0) is 31.2. The third-order valence-electron chi connectivity index (χ3n) is 7.06. The number of benzene rings is 2. The number of amides is 2. The highest BCUT2D eigenvalue weighted by atomic mass is 32.2. The van der Waals surface area contributed by atoms with Crippen LogP contribution in [0.3, 0.4) is 0 Å². The van der Waals surface area contributed by atoms with Crippen LogP contribution in [-0.4, -0.2) is 56.8 Å². The molecule has 0 radical (unpaired) electrons. The number of nitrogens with zero attached hydrogens (tertiary/aromatic N) is 5. The van der Waals surface area contributed by atoms with Crippen molar-refractivity contribution >= 4 is 40.6 Å². The van der Waals surface area contributed by atoms with Gasteiger partial charge in [-0.3, -0.25) is 14.2 Å². The standard InChI is InChI=1S/C32H30N6O5S2/c1-3-42-24-14-10-22(11-15-24)37-29(19-33-31(40)27-6-4-16-43-27)34-35-32(37)45-20-30(39)38-26(21-8-12-23(41-2)13-9-21)18-25(36-38)28-7-5-17-44-28/h4-17,26H,3,18-20H2,1-2H3,(H,33,40). The van der Waals surface area contributed by atoms with E-state index in [2.05, 4.69) is 15.5 Å². The van der Waals surface area contributed by atoms with E-state index in [-0.39, 0.29) is 35.9 Å². The Bertz CT molecular complexity index is 1770. The van der Waals surface area contributed by atoms with Crippen molar-refractivity contribution in [2.45, 2.75) is 31.1 Å². The molecular formula is C32H30N6O5S2. The third-order valence-corrected chi connectivity index (χ3v) is 8.89. The molecule has 13 heteroatoms. The number of nitrogens with one attached hydrogen (secondary N) is 1. The zero-order valence-electron chi connectivity index (χ0n) is 24.6. The summed E-state index contributed by atoms with van der Waals surface area (Å²) in [6, 6.07) is 22.2. The Balaban J connectivity index is 1.24. The van der Waals surface area contributed by atoms with Gasteiger partial charge in [0.25, 0.3) is 11.8 Å². The van der Waals surface area contributed by atoms with Gasteiger partial charge < -0.3 is 19.2 Å². The SMILES string of the molecule is CCOc1ccc(-n2c(CNC(=O)c3ccco3)nnc2SCC(=O)N2N=C(c3cccs3)CC2c2ccc(OC)cc2)cc1. The number of thiophene rings is 1. The fourth-order valence-corrected chi connectivity index (χ4v) is 6.43. The topological polar surface area (TPSA) is 124 Å². The Morgan fingerprint density at radius 1 is 1.04 bits per heavy atom. The number of furan rings is 1. The van der Waals surface area contributed by atoms with E-state index in [1.165, 1.54) is 18.0 Å². The molecule has 1 atom stereocenters. The van der Waals surface area contributed by atoms with E-state index in [0.717, 1.165) is 33.3 Å². The van der Waals surface area contributed by atoms with Crippen LogP contribution in [0.15, 0.2) is 99.1 Å². The molecule has 230 valence electrons. The van der Waals surface area contributed by atoms with Gasteiger partial charge in [0.05, 0.1) is 48.9 Å². The van der Waals surface area contributed by atoms with Crippen molar-refractivity contribution in [2.75, 3.05) is 19.5 Å². The minimum atomic E-state index is -0.372. The van der Waals surface area contributed by atoms with Crippen molar-refractivity contribution < 1.29 is 23.5 Å². The summed E-state index contributed by atoms with van der Waals surface area (Å²) in [5, 5.41) is 20.4. The van der Waals surface area contributed by atoms with Crippen LogP contribution in [0.2, 0.25) is 0 Å². The molecule has 11 nitrogen and oxygen atoms in total. The molecule has 0 bridgehead atoms. The van der Waals surface area contributed by atoms with Crippen molar-refractivity contribution in [1.82, 2.24) is 25.1 Å². The second-order valence-electron chi connectivity index (χ2n) is 9.87. The van der Waals surface area contributed by atoms with Gasteiger partial charge in [-0.1, -0.05) is 30.0 Å². The van der Waals surface area contributed by atoms with Crippen LogP contribution in [0.1, 0.15) is 46.2 Å². The van der Waals surface area contributed by atoms with E-state index in [9.17, 15) is 9.59 Å². The minimum Gasteiger partial charge on any atom is -0.497 e. The number of carbonyl (C=O) groups is 2. The molecule has 3 aromatic heterocycles. The third kappa shape index (κ3) is 6.79. The summed E-state index contributed by atoms with van der Waals surface area (Å²) in [4.78, 5) is 27.4. The second-order valence-corrected chi connectivity index (χ2v) is 11.8. The van der Waals surface area contributed by atoms with Crippen LogP contribution in [0, 0.1) is 0 Å². The summed E-state index contributed by atoms with van der Waals surface area (Å²) >= 11 is 2.85. The molecule has 0 saturated heterocycles. The molecule has 0 spiro atoms. The lowest BCUT2D eigenvalue weighted by Gasteiger charge is -2.22. The maximum atomic E-state index is 13.8. The number of thioether (sulfide) groups is 1. The summed E-state index contributed by atoms with van der Waals surface area (Å²) in [5.41, 5.74) is 2.60. The summed E-state index contributed by atoms with van der Waals surface area (Å²) in [6.45, 7) is 2.56. The lowest BCUT2D eigenvalue weighted by atomic mass is 10.0. The zero-order valence-corrected chi connectivity index (χ0v) is 26.2. The first-order valence-electron chi connectivity index (χ1n) is 14.2. The smallest absolute Gasteiger partial charge is 0.287 e. The van der Waals surface area contributed by atoms with Gasteiger partial charge in [-0.05, 0) is 72.5 Å². The summed E-state index contributed by atoms with van der Waals surface area (Å²) in [5.74, 6) is 1.69. The minimum absolute atomic E-state index is 0.0712. The van der Waals surface area contributed by atoms with Gasteiger partial charge in [-0.15, -0.1) is 21.5 Å². The van der Waals surface area contributed by atoms with Gasteiger partial charge in [0.15, 0.2) is 16.7 Å². The first kappa shape index (κ1) is 30.2. The predicted octanol–water partition coefficient (Wildman–Crippen LogP) is 5.73. The molecule has 6 rings (SSSR count). The molecule has 2 aromatic carbocycles. The van der Waals surface area contributed by atoms with E-state index >= 15 is 0 Å². The summed E-state index contributed by atoms with van der Waals surface area (Å²) in [7, 11) is 1.63. The van der Waals surface area contributed by atoms with E-state index in [1.807, 2.05) is 77.5 Å². The average Bonchev–Trinajstić information content (AvgIpc) is 3.90. The van der Waals surface area contributed by atoms with Crippen molar-refractivity contribution in [3.63, 3.8) is 0 Å². The van der Waals surface area contributed by atoms with Crippen LogP contribution in [0.5, 0.6) is 11.5 Å². The Morgan fingerprint density at radius 2 is 1.84 bits per heavy atom. The number of methoxy groups -OCH3 is 1. The normalized spacial score (nSPS) is 14.3. The molecule has 1 aliphatic heterocycles. The highest BCUT2D eigenvalue weighted by Crippen LogP contribution is 2.35. The average molecular weight is 643 g/mol. The highest BCUT2D eigenvalue weighted by molar-refractivity contribution is 7.99. The highest BCUT2D eigenvalue weighted by Gasteiger charge is 2.34. The molecular weight excluding hydrogens is 613 g/mol. The van der Waals surface area contributed by atoms with Gasteiger partial charge >= 0.3 is 0 Å². The number of carbonyl (C=O) groups excluding carboxylic acids is 2. The lowest BCUT2D eigenvalue weighted by Crippen LogP contribution is -2.28. The van der Waals surface area contributed by atoms with E-state index < -0.39 is 0 Å². The second kappa shape index (κ2) is 13.8. The number of hydrogen-bond acceptors (Lipinski definition) is 10. The summed E-state index contributed by atoms with van der Waals surface area (Å²) in [6.07, 6.45) is 2.04. The monoisotopic (exact) mass is 642 g/mol. The predicted molar refractivity (Wildman–Crippen MR) is 171 cm³/mol. The van der Waals surface area contributed by atoms with Gasteiger partial charge in [0.2, 0.25) is 0 Å². The van der Waals surface area contributed by atoms with Crippen LogP contribution >= 0.6 is 23.1 Å². The Morgan fingerprint density at radius 3 is 2.53 bits per heavy atom. The molecule has 1 N–H and O–H groups in total. The molecule has 5 aromatic rings. The first-order chi connectivity index (χ1) is 22.0. The number of ether oxygens (including phenoxy) is 2. The van der Waals surface area contributed by atoms with Crippen LogP contribution < -0.4 is 14.8 Å². The van der Waals surface area contributed by atoms with E-state index in [0.29, 0.717) is 24.0 Å². The van der Waals surface area contributed by atoms with Crippen LogP contribution in [-0.2, 0) is 11.3 Å². The molecule has 4 heterocycles. The van der Waals surface area contributed by atoms with Crippen molar-refractivity contribution in [3.8, 4) is 17.2 Å². The van der Waals surface area contributed by atoms with E-state index in [4.69, 9.17) is 19.0 Å². The van der Waals surface area contributed by atoms with Crippen LogP contribution in [0.25, 0.3) is 5.69 Å². The van der Waals surface area contributed by atoms with Gasteiger partial charge in [-0.25, -0.2) is 5.01 Å².